The number of aliphatic carboxylic acids is 1. The topological polar surface area (TPSA) is 626 Å². The summed E-state index contributed by atoms with van der Waals surface area (Å²) < 4.78 is 0. The number of nitrogens with zero attached hydrogens (tertiary/aromatic N) is 2. The summed E-state index contributed by atoms with van der Waals surface area (Å²) >= 11 is 0. The van der Waals surface area contributed by atoms with Crippen molar-refractivity contribution < 1.29 is 97.1 Å². The van der Waals surface area contributed by atoms with Gasteiger partial charge < -0.3 is 121 Å². The summed E-state index contributed by atoms with van der Waals surface area (Å²) in [4.78, 5) is 236. The zero-order valence-electron chi connectivity index (χ0n) is 68.8. The lowest BCUT2D eigenvalue weighted by atomic mass is 9.98. The summed E-state index contributed by atoms with van der Waals surface area (Å²) in [6.45, 7) is 11.9. The van der Waals surface area contributed by atoms with Gasteiger partial charge in [-0.1, -0.05) is 90.1 Å². The third-order valence-corrected chi connectivity index (χ3v) is 20.0. The molecule has 121 heavy (non-hydrogen) atoms. The van der Waals surface area contributed by atoms with Crippen LogP contribution in [0.5, 0.6) is 5.75 Å². The van der Waals surface area contributed by atoms with Crippen LogP contribution in [0.3, 0.4) is 0 Å². The van der Waals surface area contributed by atoms with Crippen molar-refractivity contribution in [3.05, 3.63) is 120 Å². The first-order valence-electron chi connectivity index (χ1n) is 39.9. The maximum atomic E-state index is 15.1. The fourth-order valence-electron chi connectivity index (χ4n) is 13.7. The van der Waals surface area contributed by atoms with E-state index in [2.05, 4.69) is 89.1 Å². The molecule has 1 aliphatic rings. The number of aromatic amines is 3. The van der Waals surface area contributed by atoms with Crippen molar-refractivity contribution in [2.45, 2.75) is 211 Å². The van der Waals surface area contributed by atoms with E-state index in [0.717, 1.165) is 10.9 Å². The second-order valence-corrected chi connectivity index (χ2v) is 31.3. The van der Waals surface area contributed by atoms with Gasteiger partial charge in [-0.25, -0.2) is 4.98 Å². The van der Waals surface area contributed by atoms with Crippen LogP contribution < -0.4 is 80.6 Å². The summed E-state index contributed by atoms with van der Waals surface area (Å²) in [6.07, 6.45) is 3.13. The molecule has 656 valence electrons. The molecule has 6 aromatic rings. The van der Waals surface area contributed by atoms with Gasteiger partial charge in [0.15, 0.2) is 0 Å². The first-order valence-corrected chi connectivity index (χ1v) is 39.9. The molecule has 3 aromatic heterocycles. The van der Waals surface area contributed by atoms with E-state index in [-0.39, 0.29) is 81.4 Å². The van der Waals surface area contributed by atoms with Crippen molar-refractivity contribution in [1.82, 2.24) is 94.0 Å². The zero-order chi connectivity index (χ0) is 89.1. The van der Waals surface area contributed by atoms with E-state index >= 15 is 4.79 Å². The van der Waals surface area contributed by atoms with Crippen LogP contribution in [-0.2, 0) is 102 Å². The number of phenols is 1. The first kappa shape index (κ1) is 95.3. The molecule has 0 radical (unpaired) electrons. The Morgan fingerprint density at radius 3 is 1.45 bits per heavy atom. The number of phenolic OH excluding ortho intramolecular Hbond substituents is 1. The van der Waals surface area contributed by atoms with E-state index < -0.39 is 205 Å². The maximum absolute atomic E-state index is 15.1. The molecule has 0 saturated carbocycles. The van der Waals surface area contributed by atoms with Crippen LogP contribution in [0.4, 0.5) is 0 Å². The normalized spacial score (nSPS) is 15.9. The number of imidazole rings is 1. The van der Waals surface area contributed by atoms with Gasteiger partial charge in [-0.2, -0.15) is 0 Å². The van der Waals surface area contributed by atoms with Crippen LogP contribution in [-0.4, -0.2) is 251 Å². The number of amides is 15. The van der Waals surface area contributed by atoms with Crippen molar-refractivity contribution >= 4 is 116 Å². The Balaban J connectivity index is 1.03. The first-order chi connectivity index (χ1) is 57.3. The molecule has 7 rings (SSSR count). The number of aromatic nitrogens is 4. The highest BCUT2D eigenvalue weighted by molar-refractivity contribution is 6.02. The van der Waals surface area contributed by atoms with Crippen LogP contribution in [0.15, 0.2) is 97.7 Å². The van der Waals surface area contributed by atoms with E-state index in [9.17, 15) is 92.3 Å². The molecular weight excluding hydrogens is 1570 g/mol. The predicted molar refractivity (Wildman–Crippen MR) is 438 cm³/mol. The second kappa shape index (κ2) is 45.4. The fraction of sp³-hybridized carbons (Fsp3) is 0.494. The molecule has 0 spiro atoms. The highest BCUT2D eigenvalue weighted by Gasteiger charge is 2.41. The summed E-state index contributed by atoms with van der Waals surface area (Å²) in [5.41, 5.74) is 14.4. The lowest BCUT2D eigenvalue weighted by Crippen LogP contribution is -2.62. The molecule has 40 nitrogen and oxygen atoms in total. The van der Waals surface area contributed by atoms with Gasteiger partial charge in [0.05, 0.1) is 38.5 Å². The third-order valence-electron chi connectivity index (χ3n) is 20.0. The monoisotopic (exact) mass is 1680 g/mol. The fourth-order valence-corrected chi connectivity index (χ4v) is 13.7. The number of carbonyl (C=O) groups is 16. The van der Waals surface area contributed by atoms with E-state index in [1.807, 2.05) is 0 Å². The molecule has 40 heteroatoms. The van der Waals surface area contributed by atoms with Gasteiger partial charge in [0, 0.05) is 78.3 Å². The number of H-pyrrole nitrogens is 3. The molecule has 14 atom stereocenters. The van der Waals surface area contributed by atoms with E-state index in [1.54, 1.807) is 102 Å². The molecule has 15 amide bonds. The number of carboxylic acids is 1. The Bertz CT molecular complexity index is 4640. The number of nitrogens with one attached hydrogen (secondary N) is 16. The summed E-state index contributed by atoms with van der Waals surface area (Å²) in [5, 5.41) is 75.3. The van der Waals surface area contributed by atoms with Gasteiger partial charge in [0.25, 0.3) is 0 Å². The quantitative estimate of drug-likeness (QED) is 0.0178. The molecule has 1 fully saturated rings. The number of nitrogens with two attached hydrogens (primary N) is 2. The molecule has 24 N–H and O–H groups in total. The largest absolute Gasteiger partial charge is 0.508 e. The number of aliphatic hydroxyl groups excluding tert-OH is 2. The number of aliphatic hydroxyl groups is 2. The highest BCUT2D eigenvalue weighted by atomic mass is 16.4. The molecule has 0 unspecified atom stereocenters. The molecule has 0 bridgehead atoms. The summed E-state index contributed by atoms with van der Waals surface area (Å²) in [6, 6.07) is 0.137. The van der Waals surface area contributed by atoms with Gasteiger partial charge in [0.2, 0.25) is 88.6 Å². The Labute approximate surface area is 697 Å². The minimum absolute atomic E-state index is 0.0249. The minimum atomic E-state index is -1.92. The van der Waals surface area contributed by atoms with Crippen LogP contribution in [0, 0.1) is 17.8 Å². The highest BCUT2D eigenvalue weighted by Crippen LogP contribution is 2.24. The Morgan fingerprint density at radius 1 is 0.496 bits per heavy atom. The number of benzene rings is 3. The molecule has 4 heterocycles. The smallest absolute Gasteiger partial charge is 0.325 e. The van der Waals surface area contributed by atoms with Crippen LogP contribution in [0.2, 0.25) is 0 Å². The zero-order valence-corrected chi connectivity index (χ0v) is 68.8. The standard InChI is InChI=1S/C81H112N20O20/c1-40(2)25-55(70(109)87-37-67(107)101-24-14-19-64(101)79(118)97-61(31-49-36-84-39-88-49)71(110)90-44(8)81(120)121)93-72(111)56(26-41(3)4)94-74(113)58(28-46-20-22-50(104)23-21-46)95-75(114)60(30-48-35-86-54-18-13-11-16-52(48)54)92-69(108)43(7)89-78(117)63(38-102)99-76(115)62(32-65(83)105)96-73(112)57(27-42(5)6)98-80(119)68(45(9)103)100-77(116)59(91-66(106)33-82)29-47-34-85-53-17-12-10-15-51(47)53/h10-13,15-18,20-23,34-36,39-45,55-64,68,85-86,102-104H,14,19,24-33,37-38,82H2,1-9H3,(H2,83,105)(H,84,88)(H,87,109)(H,89,117)(H,90,110)(H,91,106)(H,92,108)(H,93,111)(H,94,113)(H,95,114)(H,96,112)(H,97,118)(H,98,119)(H,99,115)(H,100,116)(H,120,121)/t43-,44-,45+,55-,56-,57-,58-,59-,60+,61-,62-,63-,64-,68-/m0/s1. The van der Waals surface area contributed by atoms with Crippen LogP contribution in [0.1, 0.15) is 123 Å². The van der Waals surface area contributed by atoms with Gasteiger partial charge in [0.1, 0.15) is 84.3 Å². The van der Waals surface area contributed by atoms with Gasteiger partial charge >= 0.3 is 5.97 Å². The number of carbonyl (C=O) groups excluding carboxylic acids is 15. The van der Waals surface area contributed by atoms with E-state index in [4.69, 9.17) is 11.5 Å². The molecular formula is C81H112N20O20. The number of primary amides is 1. The summed E-state index contributed by atoms with van der Waals surface area (Å²) in [5.74, 6) is -16.5. The number of para-hydroxylation sites is 2. The van der Waals surface area contributed by atoms with Crippen molar-refractivity contribution in [3.8, 4) is 5.75 Å². The number of aromatic hydroxyl groups is 1. The molecule has 3 aromatic carbocycles. The number of likely N-dealkylation sites (tertiary alicyclic amines) is 1. The van der Waals surface area contributed by atoms with Crippen molar-refractivity contribution in [3.63, 3.8) is 0 Å². The average Bonchev–Trinajstić information content (AvgIpc) is 1.74. The minimum Gasteiger partial charge on any atom is -0.508 e. The number of carboxylic acid groups (broad SMARTS) is 1. The van der Waals surface area contributed by atoms with E-state index in [0.29, 0.717) is 39.7 Å². The average molecular weight is 1690 g/mol. The number of hydrogen-bond donors (Lipinski definition) is 22. The van der Waals surface area contributed by atoms with Crippen molar-refractivity contribution in [1.29, 1.82) is 0 Å². The Hall–Kier alpha value is -12.8. The van der Waals surface area contributed by atoms with E-state index in [1.165, 1.54) is 62.5 Å². The molecule has 1 saturated heterocycles. The van der Waals surface area contributed by atoms with Crippen molar-refractivity contribution in [2.24, 2.45) is 29.2 Å². The summed E-state index contributed by atoms with van der Waals surface area (Å²) in [7, 11) is 0. The second-order valence-electron chi connectivity index (χ2n) is 31.3. The molecule has 0 aliphatic carbocycles. The predicted octanol–water partition coefficient (Wildman–Crippen LogP) is -3.26. The van der Waals surface area contributed by atoms with Gasteiger partial charge in [-0.05, 0) is 112 Å². The SMILES string of the molecule is CC(C)C[C@H](NC(=O)[C@H](CC(C)C)NC(=O)[C@H](Cc1ccc(O)cc1)NC(=O)[C@@H](Cc1c[nH]c2ccccc12)NC(=O)[C@H](C)NC(=O)[C@H](CO)NC(=O)[C@H](CC(N)=O)NC(=O)[C@H](CC(C)C)NC(=O)[C@@H](NC(=O)[C@H](Cc1c[nH]c2ccccc12)NC(=O)CN)[C@@H](C)O)C(=O)NCC(=O)N1CCC[C@H]1C(=O)N[C@@H](Cc1cnc[nH]1)C(=O)N[C@@H](C)C(=O)O. The van der Waals surface area contributed by atoms with Gasteiger partial charge in [-0.15, -0.1) is 0 Å². The number of hydrogen-bond acceptors (Lipinski definition) is 21. The van der Waals surface area contributed by atoms with Gasteiger partial charge in [-0.3, -0.25) is 76.7 Å². The Kier molecular flexibility index (Phi) is 35.7. The number of rotatable bonds is 46. The molecule has 1 aliphatic heterocycles. The number of fused-ring (bicyclic) bond motifs is 2. The lowest BCUT2D eigenvalue weighted by molar-refractivity contribution is -0.142. The third kappa shape index (κ3) is 28.7. The van der Waals surface area contributed by atoms with Crippen molar-refractivity contribution in [2.75, 3.05) is 26.2 Å². The maximum Gasteiger partial charge on any atom is 0.325 e. The van der Waals surface area contributed by atoms with Crippen LogP contribution >= 0.6 is 0 Å². The van der Waals surface area contributed by atoms with Crippen LogP contribution in [0.25, 0.3) is 21.8 Å². The lowest BCUT2D eigenvalue weighted by Gasteiger charge is -2.29. The Morgan fingerprint density at radius 2 is 0.942 bits per heavy atom.